The van der Waals surface area contributed by atoms with E-state index in [0.717, 1.165) is 13.0 Å². The molecule has 0 saturated heterocycles. The molecular weight excluding hydrogens is 292 g/mol. The highest BCUT2D eigenvalue weighted by molar-refractivity contribution is 6.52. The Morgan fingerprint density at radius 1 is 1.27 bits per heavy atom. The maximum absolute atomic E-state index is 12.1. The molecule has 1 aliphatic carbocycles. The van der Waals surface area contributed by atoms with E-state index in [9.17, 15) is 24.3 Å². The number of fused-ring (bicyclic) bond motifs is 3. The van der Waals surface area contributed by atoms with E-state index >= 15 is 0 Å². The Labute approximate surface area is 122 Å². The first kappa shape index (κ1) is 13.7. The van der Waals surface area contributed by atoms with Crippen molar-refractivity contribution >= 4 is 23.5 Å². The molecule has 0 spiro atoms. The number of nitrogens with one attached hydrogen (secondary N) is 1. The molecule has 0 bridgehead atoms. The molecule has 2 aromatic rings. The van der Waals surface area contributed by atoms with Gasteiger partial charge in [-0.15, -0.1) is 0 Å². The number of H-pyrrole nitrogens is 1. The van der Waals surface area contributed by atoms with Crippen LogP contribution in [0.4, 0.5) is 0 Å². The van der Waals surface area contributed by atoms with E-state index in [4.69, 9.17) is 4.74 Å². The zero-order chi connectivity index (χ0) is 16.0. The summed E-state index contributed by atoms with van der Waals surface area (Å²) in [6.45, 7) is 1.11. The Bertz CT molecular complexity index is 864. The summed E-state index contributed by atoms with van der Waals surface area (Å²) in [7, 11) is 0. The van der Waals surface area contributed by atoms with E-state index in [1.807, 2.05) is 0 Å². The molecule has 0 aliphatic heterocycles. The predicted molar refractivity (Wildman–Crippen MR) is 71.0 cm³/mol. The number of carboxylic acids is 1. The summed E-state index contributed by atoms with van der Waals surface area (Å²) in [5, 5.41) is 9.34. The highest BCUT2D eigenvalue weighted by Crippen LogP contribution is 2.35. The van der Waals surface area contributed by atoms with Gasteiger partial charge in [0.1, 0.15) is 5.69 Å². The van der Waals surface area contributed by atoms with Crippen LogP contribution in [-0.4, -0.2) is 38.6 Å². The summed E-state index contributed by atoms with van der Waals surface area (Å²) in [5.41, 5.74) is -0.337. The summed E-state index contributed by atoms with van der Waals surface area (Å²) in [6.07, 6.45) is 1.43. The lowest BCUT2D eigenvalue weighted by Gasteiger charge is -2.16. The summed E-state index contributed by atoms with van der Waals surface area (Å²) in [5.74, 6) is -4.15. The minimum absolute atomic E-state index is 0.00741. The highest BCUT2D eigenvalue weighted by atomic mass is 16.5. The number of aromatic amines is 1. The molecule has 22 heavy (non-hydrogen) atoms. The third-order valence-corrected chi connectivity index (χ3v) is 3.14. The summed E-state index contributed by atoms with van der Waals surface area (Å²) >= 11 is 0. The van der Waals surface area contributed by atoms with E-state index in [2.05, 4.69) is 9.97 Å². The van der Waals surface area contributed by atoms with Crippen molar-refractivity contribution in [3.63, 3.8) is 0 Å². The topological polar surface area (TPSA) is 126 Å². The van der Waals surface area contributed by atoms with Crippen molar-refractivity contribution in [3.05, 3.63) is 35.2 Å². The molecule has 3 rings (SSSR count). The molecule has 8 heteroatoms. The van der Waals surface area contributed by atoms with Crippen LogP contribution in [0.1, 0.15) is 38.1 Å². The first-order valence-electron chi connectivity index (χ1n) is 6.13. The Morgan fingerprint density at radius 2 is 2.00 bits per heavy atom. The number of esters is 1. The lowest BCUT2D eigenvalue weighted by atomic mass is 9.89. The molecule has 2 aromatic heterocycles. The molecule has 0 radical (unpaired) electrons. The lowest BCUT2D eigenvalue weighted by molar-refractivity contribution is -0.132. The Kier molecular flexibility index (Phi) is 2.87. The number of carboxylic acid groups (broad SMARTS) is 1. The molecule has 0 amide bonds. The van der Waals surface area contributed by atoms with Crippen LogP contribution in [0.2, 0.25) is 0 Å². The average molecular weight is 300 g/mol. The van der Waals surface area contributed by atoms with Crippen LogP contribution >= 0.6 is 0 Å². The number of nitrogens with zero attached hydrogens (tertiary/aromatic N) is 1. The maximum Gasteiger partial charge on any atom is 0.336 e. The molecule has 110 valence electrons. The van der Waals surface area contributed by atoms with Crippen molar-refractivity contribution in [1.82, 2.24) is 9.97 Å². The second kappa shape index (κ2) is 4.62. The number of pyridine rings is 1. The monoisotopic (exact) mass is 300 g/mol. The van der Waals surface area contributed by atoms with Crippen LogP contribution in [0, 0.1) is 0 Å². The predicted octanol–water partition coefficient (Wildman–Crippen LogP) is 1.08. The van der Waals surface area contributed by atoms with Crippen LogP contribution in [0.3, 0.4) is 0 Å². The number of ether oxygens (including phenoxy) is 1. The van der Waals surface area contributed by atoms with Crippen LogP contribution in [0.25, 0.3) is 11.3 Å². The smallest absolute Gasteiger partial charge is 0.336 e. The van der Waals surface area contributed by atoms with Crippen LogP contribution in [0.5, 0.6) is 5.88 Å². The number of hydrogen-bond acceptors (Lipinski definition) is 6. The van der Waals surface area contributed by atoms with Gasteiger partial charge in [0.15, 0.2) is 0 Å². The van der Waals surface area contributed by atoms with E-state index in [0.29, 0.717) is 0 Å². The normalized spacial score (nSPS) is 12.6. The second-order valence-electron chi connectivity index (χ2n) is 4.56. The average Bonchev–Trinajstić information content (AvgIpc) is 2.92. The zero-order valence-corrected chi connectivity index (χ0v) is 11.2. The van der Waals surface area contributed by atoms with E-state index in [1.54, 1.807) is 0 Å². The Hall–Kier alpha value is -3.29. The first-order valence-corrected chi connectivity index (χ1v) is 6.13. The van der Waals surface area contributed by atoms with Gasteiger partial charge in [0.05, 0.1) is 16.8 Å². The largest absolute Gasteiger partial charge is 0.478 e. The number of aromatic nitrogens is 2. The number of carbonyl (C=O) groups is 4. The van der Waals surface area contributed by atoms with Gasteiger partial charge >= 0.3 is 11.9 Å². The number of ketones is 2. The van der Waals surface area contributed by atoms with E-state index in [1.165, 1.54) is 12.3 Å². The standard InChI is InChI=1S/C14H8N2O6/c1-5(17)22-8-4-7(14(20)21)9-10-6(2-3-15-10)12(18)13(19)11(9)16-8/h2-4,15H,1H3,(H,20,21). The minimum Gasteiger partial charge on any atom is -0.478 e. The fraction of sp³-hybridized carbons (Fsp3) is 0.0714. The molecule has 2 heterocycles. The molecule has 8 nitrogen and oxygen atoms in total. The molecule has 0 atom stereocenters. The molecule has 0 aromatic carbocycles. The lowest BCUT2D eigenvalue weighted by Crippen LogP contribution is -2.24. The quantitative estimate of drug-likeness (QED) is 0.627. The van der Waals surface area contributed by atoms with Gasteiger partial charge in [0.25, 0.3) is 5.78 Å². The zero-order valence-electron chi connectivity index (χ0n) is 11.2. The SMILES string of the molecule is CC(=O)Oc1cc(C(=O)O)c2c(n1)C(=O)C(=O)c1cc[nH]c1-2. The maximum atomic E-state index is 12.1. The van der Waals surface area contributed by atoms with Crippen molar-refractivity contribution < 1.29 is 29.0 Å². The van der Waals surface area contributed by atoms with Gasteiger partial charge in [-0.05, 0) is 6.07 Å². The summed E-state index contributed by atoms with van der Waals surface area (Å²) in [6, 6.07) is 2.43. The summed E-state index contributed by atoms with van der Waals surface area (Å²) < 4.78 is 4.74. The molecule has 1 aliphatic rings. The van der Waals surface area contributed by atoms with Crippen molar-refractivity contribution in [1.29, 1.82) is 0 Å². The fourth-order valence-corrected chi connectivity index (χ4v) is 2.30. The third-order valence-electron chi connectivity index (χ3n) is 3.14. The second-order valence-corrected chi connectivity index (χ2v) is 4.56. The number of aromatic carboxylic acids is 1. The van der Waals surface area contributed by atoms with Gasteiger partial charge in [-0.1, -0.05) is 0 Å². The van der Waals surface area contributed by atoms with Crippen molar-refractivity contribution in [2.75, 3.05) is 0 Å². The van der Waals surface area contributed by atoms with Gasteiger partial charge in [-0.2, -0.15) is 0 Å². The van der Waals surface area contributed by atoms with E-state index in [-0.39, 0.29) is 34.0 Å². The van der Waals surface area contributed by atoms with Gasteiger partial charge < -0.3 is 14.8 Å². The number of carbonyl (C=O) groups excluding carboxylic acids is 3. The van der Waals surface area contributed by atoms with Crippen molar-refractivity contribution in [3.8, 4) is 17.1 Å². The van der Waals surface area contributed by atoms with Gasteiger partial charge in [-0.25, -0.2) is 9.78 Å². The third kappa shape index (κ3) is 1.89. The Balaban J connectivity index is 2.34. The molecule has 2 N–H and O–H groups in total. The highest BCUT2D eigenvalue weighted by Gasteiger charge is 2.36. The van der Waals surface area contributed by atoms with Crippen LogP contribution < -0.4 is 4.74 Å². The first-order chi connectivity index (χ1) is 10.4. The number of Topliss-reactive ketones (excluding diaryl/α,β-unsaturated/α-hetero) is 2. The molecule has 0 unspecified atom stereocenters. The Morgan fingerprint density at radius 3 is 2.64 bits per heavy atom. The number of hydrogen-bond donors (Lipinski definition) is 2. The van der Waals surface area contributed by atoms with E-state index < -0.39 is 23.5 Å². The molecular formula is C14H8N2O6. The fourth-order valence-electron chi connectivity index (χ4n) is 2.30. The van der Waals surface area contributed by atoms with Gasteiger partial charge in [0.2, 0.25) is 11.7 Å². The van der Waals surface area contributed by atoms with Gasteiger partial charge in [0, 0.05) is 24.8 Å². The van der Waals surface area contributed by atoms with Crippen LogP contribution in [0.15, 0.2) is 18.3 Å². The number of rotatable bonds is 2. The minimum atomic E-state index is -1.34. The van der Waals surface area contributed by atoms with Crippen LogP contribution in [-0.2, 0) is 4.79 Å². The summed E-state index contributed by atoms with van der Waals surface area (Å²) in [4.78, 5) is 53.1. The molecule has 0 saturated carbocycles. The molecule has 0 fully saturated rings. The van der Waals surface area contributed by atoms with Crippen molar-refractivity contribution in [2.45, 2.75) is 6.92 Å². The van der Waals surface area contributed by atoms with Gasteiger partial charge in [-0.3, -0.25) is 14.4 Å². The van der Waals surface area contributed by atoms with Crippen molar-refractivity contribution in [2.24, 2.45) is 0 Å².